The highest BCUT2D eigenvalue weighted by molar-refractivity contribution is 7.89. The zero-order valence-electron chi connectivity index (χ0n) is 16.4. The van der Waals surface area contributed by atoms with E-state index in [4.69, 9.17) is 14.7 Å². The molecule has 0 aromatic heterocycles. The molecule has 10 heteroatoms. The van der Waals surface area contributed by atoms with Gasteiger partial charge in [-0.15, -0.1) is 0 Å². The summed E-state index contributed by atoms with van der Waals surface area (Å²) in [7, 11) is -2.47. The summed E-state index contributed by atoms with van der Waals surface area (Å²) in [6.45, 7) is 0.0727. The van der Waals surface area contributed by atoms with Crippen LogP contribution >= 0.6 is 0 Å². The maximum Gasteiger partial charge on any atom is 0.261 e. The molecule has 162 valence electrons. The van der Waals surface area contributed by atoms with Crippen molar-refractivity contribution in [3.8, 4) is 11.5 Å². The summed E-state index contributed by atoms with van der Waals surface area (Å²) in [5.41, 5.74) is 2.42. The van der Waals surface area contributed by atoms with E-state index in [1.165, 1.54) is 29.7 Å². The largest absolute Gasteiger partial charge is 0.497 e. The number of amides is 1. The second-order valence-corrected chi connectivity index (χ2v) is 8.80. The molecule has 30 heavy (non-hydrogen) atoms. The molecule has 9 nitrogen and oxygen atoms in total. The SMILES string of the molecule is COc1ccc(COc2ccc(S(=O)(=O)N3CC(O)CCC3C(=O)NO)cc2)cc1. The molecule has 2 unspecified atom stereocenters. The summed E-state index contributed by atoms with van der Waals surface area (Å²) in [6, 6.07) is 12.1. The molecule has 1 heterocycles. The lowest BCUT2D eigenvalue weighted by atomic mass is 10.0. The van der Waals surface area contributed by atoms with Gasteiger partial charge in [-0.2, -0.15) is 4.31 Å². The number of nitrogens with one attached hydrogen (secondary N) is 1. The Morgan fingerprint density at radius 1 is 1.10 bits per heavy atom. The zero-order chi connectivity index (χ0) is 21.7. The van der Waals surface area contributed by atoms with Gasteiger partial charge in [0.2, 0.25) is 10.0 Å². The third kappa shape index (κ3) is 4.90. The van der Waals surface area contributed by atoms with E-state index in [9.17, 15) is 18.3 Å². The number of hydroxylamine groups is 1. The molecule has 0 radical (unpaired) electrons. The van der Waals surface area contributed by atoms with E-state index in [2.05, 4.69) is 0 Å². The number of carbonyl (C=O) groups excluding carboxylic acids is 1. The van der Waals surface area contributed by atoms with Crippen LogP contribution in [0.2, 0.25) is 0 Å². The van der Waals surface area contributed by atoms with E-state index in [-0.39, 0.29) is 24.3 Å². The Morgan fingerprint density at radius 3 is 2.33 bits per heavy atom. The van der Waals surface area contributed by atoms with E-state index < -0.39 is 28.1 Å². The molecule has 1 saturated heterocycles. The Morgan fingerprint density at radius 2 is 1.73 bits per heavy atom. The van der Waals surface area contributed by atoms with Crippen LogP contribution in [-0.2, 0) is 21.4 Å². The molecule has 0 bridgehead atoms. The molecule has 1 amide bonds. The number of hydrogen-bond acceptors (Lipinski definition) is 7. The van der Waals surface area contributed by atoms with E-state index in [0.717, 1.165) is 15.6 Å². The predicted molar refractivity (Wildman–Crippen MR) is 107 cm³/mol. The fourth-order valence-corrected chi connectivity index (χ4v) is 4.91. The second kappa shape index (κ2) is 9.43. The number of methoxy groups -OCH3 is 1. The summed E-state index contributed by atoms with van der Waals surface area (Å²) >= 11 is 0. The van der Waals surface area contributed by atoms with E-state index in [1.54, 1.807) is 7.11 Å². The Balaban J connectivity index is 1.72. The molecule has 3 N–H and O–H groups in total. The molecule has 1 aliphatic rings. The molecule has 0 saturated carbocycles. The summed E-state index contributed by atoms with van der Waals surface area (Å²) in [5, 5.41) is 18.8. The van der Waals surface area contributed by atoms with Gasteiger partial charge in [0.05, 0.1) is 18.1 Å². The lowest BCUT2D eigenvalue weighted by molar-refractivity contribution is -0.135. The van der Waals surface area contributed by atoms with Gasteiger partial charge in [-0.05, 0) is 54.8 Å². The fourth-order valence-electron chi connectivity index (χ4n) is 3.25. The van der Waals surface area contributed by atoms with Crippen LogP contribution in [-0.4, -0.2) is 54.7 Å². The topological polar surface area (TPSA) is 125 Å². The number of carbonyl (C=O) groups is 1. The van der Waals surface area contributed by atoms with Gasteiger partial charge in [0.1, 0.15) is 24.1 Å². The highest BCUT2D eigenvalue weighted by atomic mass is 32.2. The normalized spacial score (nSPS) is 19.8. The van der Waals surface area contributed by atoms with Crippen LogP contribution in [0, 0.1) is 0 Å². The maximum atomic E-state index is 13.0. The van der Waals surface area contributed by atoms with Crippen molar-refractivity contribution in [2.75, 3.05) is 13.7 Å². The molecule has 0 aliphatic carbocycles. The number of benzene rings is 2. The van der Waals surface area contributed by atoms with Crippen LogP contribution in [0.25, 0.3) is 0 Å². The number of ether oxygens (including phenoxy) is 2. The Hall–Kier alpha value is -2.66. The predicted octanol–water partition coefficient (Wildman–Crippen LogP) is 1.29. The molecule has 0 spiro atoms. The van der Waals surface area contributed by atoms with Crippen LogP contribution in [0.5, 0.6) is 11.5 Å². The smallest absolute Gasteiger partial charge is 0.261 e. The maximum absolute atomic E-state index is 13.0. The highest BCUT2D eigenvalue weighted by Gasteiger charge is 2.40. The lowest BCUT2D eigenvalue weighted by Crippen LogP contribution is -2.54. The van der Waals surface area contributed by atoms with Gasteiger partial charge >= 0.3 is 0 Å². The van der Waals surface area contributed by atoms with Gasteiger partial charge < -0.3 is 14.6 Å². The number of rotatable bonds is 7. The summed E-state index contributed by atoms with van der Waals surface area (Å²) in [4.78, 5) is 11.9. The van der Waals surface area contributed by atoms with Gasteiger partial charge in [-0.1, -0.05) is 12.1 Å². The minimum atomic E-state index is -4.06. The zero-order valence-corrected chi connectivity index (χ0v) is 17.2. The first-order chi connectivity index (χ1) is 14.3. The van der Waals surface area contributed by atoms with Gasteiger partial charge in [0, 0.05) is 6.54 Å². The molecule has 2 aromatic rings. The second-order valence-electron chi connectivity index (χ2n) is 6.91. The molecular weight excluding hydrogens is 412 g/mol. The number of aliphatic hydroxyl groups excluding tert-OH is 1. The highest BCUT2D eigenvalue weighted by Crippen LogP contribution is 2.27. The van der Waals surface area contributed by atoms with Crippen molar-refractivity contribution in [3.05, 3.63) is 54.1 Å². The van der Waals surface area contributed by atoms with Crippen LogP contribution in [0.3, 0.4) is 0 Å². The molecule has 1 fully saturated rings. The first-order valence-corrected chi connectivity index (χ1v) is 10.8. The van der Waals surface area contributed by atoms with Crippen LogP contribution < -0.4 is 15.0 Å². The number of piperidine rings is 1. The summed E-state index contributed by atoms with van der Waals surface area (Å²) < 4.78 is 37.7. The van der Waals surface area contributed by atoms with Crippen molar-refractivity contribution < 1.29 is 33.0 Å². The van der Waals surface area contributed by atoms with Gasteiger partial charge in [0.15, 0.2) is 0 Å². The van der Waals surface area contributed by atoms with Crippen molar-refractivity contribution in [3.63, 3.8) is 0 Å². The van der Waals surface area contributed by atoms with Crippen molar-refractivity contribution in [1.82, 2.24) is 9.79 Å². The number of hydrogen-bond donors (Lipinski definition) is 3. The molecule has 2 atom stereocenters. The van der Waals surface area contributed by atoms with Crippen molar-refractivity contribution >= 4 is 15.9 Å². The molecule has 3 rings (SSSR count). The standard InChI is InChI=1S/C20H24N2O7S/c1-28-16-5-2-14(3-6-16)13-29-17-7-9-18(10-8-17)30(26,27)22-12-15(23)4-11-19(22)20(24)21-25/h2-3,5-10,15,19,23,25H,4,11-13H2,1H3,(H,21,24). The minimum absolute atomic E-state index is 0.0378. The van der Waals surface area contributed by atoms with Crippen LogP contribution in [0.1, 0.15) is 18.4 Å². The Kier molecular flexibility index (Phi) is 6.93. The van der Waals surface area contributed by atoms with Crippen molar-refractivity contribution in [1.29, 1.82) is 0 Å². The van der Waals surface area contributed by atoms with E-state index in [0.29, 0.717) is 12.4 Å². The Labute approximate surface area is 174 Å². The summed E-state index contributed by atoms with van der Waals surface area (Å²) in [6.07, 6.45) is -0.507. The average Bonchev–Trinajstić information content (AvgIpc) is 2.77. The van der Waals surface area contributed by atoms with Gasteiger partial charge in [-0.25, -0.2) is 13.9 Å². The lowest BCUT2D eigenvalue weighted by Gasteiger charge is -2.35. The van der Waals surface area contributed by atoms with Crippen molar-refractivity contribution in [2.45, 2.75) is 36.5 Å². The van der Waals surface area contributed by atoms with Crippen LogP contribution in [0.15, 0.2) is 53.4 Å². The molecule has 2 aromatic carbocycles. The number of sulfonamides is 1. The van der Waals surface area contributed by atoms with E-state index >= 15 is 0 Å². The minimum Gasteiger partial charge on any atom is -0.497 e. The summed E-state index contributed by atoms with van der Waals surface area (Å²) in [5.74, 6) is 0.391. The number of aliphatic hydroxyl groups is 1. The number of nitrogens with zero attached hydrogens (tertiary/aromatic N) is 1. The van der Waals surface area contributed by atoms with Crippen molar-refractivity contribution in [2.24, 2.45) is 0 Å². The van der Waals surface area contributed by atoms with E-state index in [1.807, 2.05) is 24.3 Å². The third-order valence-corrected chi connectivity index (χ3v) is 6.81. The van der Waals surface area contributed by atoms with Crippen LogP contribution in [0.4, 0.5) is 0 Å². The fraction of sp³-hybridized carbons (Fsp3) is 0.350. The molecule has 1 aliphatic heterocycles. The molecular formula is C20H24N2O7S. The average molecular weight is 436 g/mol. The first-order valence-electron chi connectivity index (χ1n) is 9.35. The Bertz CT molecular complexity index is 962. The van der Waals surface area contributed by atoms with Gasteiger partial charge in [0.25, 0.3) is 5.91 Å². The van der Waals surface area contributed by atoms with Gasteiger partial charge in [-0.3, -0.25) is 10.0 Å². The monoisotopic (exact) mass is 436 g/mol. The third-order valence-electron chi connectivity index (χ3n) is 4.92. The first kappa shape index (κ1) is 22.0. The quantitative estimate of drug-likeness (QED) is 0.441. The number of β-amino-alcohol motifs (C(OH)–C–C–N with tert-alkyl or cyclic N) is 1.